The van der Waals surface area contributed by atoms with Gasteiger partial charge in [-0.05, 0) is 61.4 Å². The van der Waals surface area contributed by atoms with Crippen LogP contribution in [0, 0.1) is 13.8 Å². The van der Waals surface area contributed by atoms with Gasteiger partial charge in [0.1, 0.15) is 19.3 Å². The monoisotopic (exact) mass is 466 g/mol. The molecule has 0 bridgehead atoms. The molecule has 0 aromatic heterocycles. The molecule has 172 valence electrons. The Kier molecular flexibility index (Phi) is 6.55. The van der Waals surface area contributed by atoms with Crippen molar-refractivity contribution in [1.82, 2.24) is 5.32 Å². The number of carbonyl (C=O) groups is 1. The minimum Gasteiger partial charge on any atom is -0.486 e. The van der Waals surface area contributed by atoms with Crippen LogP contribution >= 0.6 is 0 Å². The maximum absolute atomic E-state index is 13.4. The summed E-state index contributed by atoms with van der Waals surface area (Å²) in [7, 11) is -3.95. The largest absolute Gasteiger partial charge is 0.486 e. The number of benzene rings is 3. The van der Waals surface area contributed by atoms with E-state index >= 15 is 0 Å². The third-order valence-corrected chi connectivity index (χ3v) is 7.00. The van der Waals surface area contributed by atoms with Crippen molar-refractivity contribution in [3.8, 4) is 11.5 Å². The molecule has 1 N–H and O–H groups in total. The van der Waals surface area contributed by atoms with Gasteiger partial charge in [0.15, 0.2) is 11.5 Å². The number of amides is 1. The van der Waals surface area contributed by atoms with Crippen LogP contribution < -0.4 is 19.1 Å². The second-order valence-corrected chi connectivity index (χ2v) is 9.83. The standard InChI is InChI=1S/C25H26N2O5S/c1-18-12-19(2)14-20(13-18)27(33(29,30)22-8-4-3-5-9-22)16-25(28)26-15-21-17-31-23-10-6-7-11-24(23)32-21/h3-14,21H,15-17H2,1-2H3,(H,26,28)/t21-/m1/s1. The number of nitrogens with zero attached hydrogens (tertiary/aromatic N) is 1. The topological polar surface area (TPSA) is 84.9 Å². The number of fused-ring (bicyclic) bond motifs is 1. The molecular formula is C25H26N2O5S. The summed E-state index contributed by atoms with van der Waals surface area (Å²) in [6.07, 6.45) is -0.371. The predicted octanol–water partition coefficient (Wildman–Crippen LogP) is 3.45. The highest BCUT2D eigenvalue weighted by molar-refractivity contribution is 7.92. The Morgan fingerprint density at radius 3 is 2.30 bits per heavy atom. The van der Waals surface area contributed by atoms with Crippen LogP contribution in [0.5, 0.6) is 11.5 Å². The second-order valence-electron chi connectivity index (χ2n) is 7.97. The second kappa shape index (κ2) is 9.54. The molecule has 4 rings (SSSR count). The van der Waals surface area contributed by atoms with Crippen molar-refractivity contribution < 1.29 is 22.7 Å². The number of para-hydroxylation sites is 2. The van der Waals surface area contributed by atoms with Crippen LogP contribution in [-0.2, 0) is 14.8 Å². The van der Waals surface area contributed by atoms with Gasteiger partial charge in [-0.25, -0.2) is 8.42 Å². The van der Waals surface area contributed by atoms with E-state index in [4.69, 9.17) is 9.47 Å². The number of sulfonamides is 1. The van der Waals surface area contributed by atoms with Gasteiger partial charge in [-0.15, -0.1) is 0 Å². The maximum atomic E-state index is 13.4. The molecule has 33 heavy (non-hydrogen) atoms. The Morgan fingerprint density at radius 1 is 0.970 bits per heavy atom. The molecule has 0 radical (unpaired) electrons. The zero-order chi connectivity index (χ0) is 23.4. The van der Waals surface area contributed by atoms with Crippen molar-refractivity contribution in [3.05, 3.63) is 83.9 Å². The van der Waals surface area contributed by atoms with Crippen molar-refractivity contribution in [2.24, 2.45) is 0 Å². The predicted molar refractivity (Wildman–Crippen MR) is 126 cm³/mol. The third kappa shape index (κ3) is 5.28. The summed E-state index contributed by atoms with van der Waals surface area (Å²) in [5.41, 5.74) is 2.26. The summed E-state index contributed by atoms with van der Waals surface area (Å²) in [4.78, 5) is 13.0. The van der Waals surface area contributed by atoms with Crippen LogP contribution in [0.15, 0.2) is 77.7 Å². The zero-order valence-electron chi connectivity index (χ0n) is 18.5. The minimum absolute atomic E-state index is 0.123. The van der Waals surface area contributed by atoms with E-state index in [0.717, 1.165) is 15.4 Å². The molecular weight excluding hydrogens is 440 g/mol. The summed E-state index contributed by atoms with van der Waals surface area (Å²) < 4.78 is 39.6. The highest BCUT2D eigenvalue weighted by atomic mass is 32.2. The van der Waals surface area contributed by atoms with E-state index < -0.39 is 15.9 Å². The Balaban J connectivity index is 1.51. The van der Waals surface area contributed by atoms with Gasteiger partial charge in [-0.3, -0.25) is 9.10 Å². The maximum Gasteiger partial charge on any atom is 0.264 e. The molecule has 3 aromatic rings. The summed E-state index contributed by atoms with van der Waals surface area (Å²) in [6, 6.07) is 20.9. The van der Waals surface area contributed by atoms with Crippen LogP contribution in [-0.4, -0.2) is 40.1 Å². The lowest BCUT2D eigenvalue weighted by Gasteiger charge is -2.28. The van der Waals surface area contributed by atoms with Crippen LogP contribution in [0.25, 0.3) is 0 Å². The summed E-state index contributed by atoms with van der Waals surface area (Å²) in [5.74, 6) is 0.845. The van der Waals surface area contributed by atoms with Gasteiger partial charge in [0.05, 0.1) is 17.1 Å². The van der Waals surface area contributed by atoms with E-state index in [1.165, 1.54) is 12.1 Å². The Bertz CT molecular complexity index is 1220. The summed E-state index contributed by atoms with van der Waals surface area (Å²) in [6.45, 7) is 3.91. The molecule has 0 fully saturated rings. The molecule has 7 nitrogen and oxygen atoms in total. The molecule has 1 amide bonds. The number of anilines is 1. The molecule has 3 aromatic carbocycles. The lowest BCUT2D eigenvalue weighted by molar-refractivity contribution is -0.120. The van der Waals surface area contributed by atoms with Gasteiger partial charge in [0, 0.05) is 0 Å². The van der Waals surface area contributed by atoms with E-state index in [-0.39, 0.29) is 24.1 Å². The van der Waals surface area contributed by atoms with E-state index in [1.54, 1.807) is 36.4 Å². The number of nitrogens with one attached hydrogen (secondary N) is 1. The number of carbonyl (C=O) groups excluding carboxylic acids is 1. The minimum atomic E-state index is -3.95. The molecule has 0 aliphatic carbocycles. The SMILES string of the molecule is Cc1cc(C)cc(N(CC(=O)NC[C@@H]2COc3ccccc3O2)S(=O)(=O)c2ccccc2)c1. The first-order valence-electron chi connectivity index (χ1n) is 10.6. The number of aryl methyl sites for hydroxylation is 2. The van der Waals surface area contributed by atoms with Crippen LogP contribution in [0.4, 0.5) is 5.69 Å². The molecule has 0 spiro atoms. The van der Waals surface area contributed by atoms with Gasteiger partial charge < -0.3 is 14.8 Å². The van der Waals surface area contributed by atoms with Gasteiger partial charge >= 0.3 is 0 Å². The number of rotatable bonds is 7. The Morgan fingerprint density at radius 2 is 1.61 bits per heavy atom. The first-order valence-corrected chi connectivity index (χ1v) is 12.1. The van der Waals surface area contributed by atoms with Gasteiger partial charge in [-0.1, -0.05) is 36.4 Å². The van der Waals surface area contributed by atoms with Crippen molar-refractivity contribution in [2.45, 2.75) is 24.8 Å². The number of ether oxygens (including phenoxy) is 2. The highest BCUT2D eigenvalue weighted by Gasteiger charge is 2.28. The average molecular weight is 467 g/mol. The Hall–Kier alpha value is -3.52. The lowest BCUT2D eigenvalue weighted by atomic mass is 10.1. The van der Waals surface area contributed by atoms with Crippen LogP contribution in [0.2, 0.25) is 0 Å². The zero-order valence-corrected chi connectivity index (χ0v) is 19.3. The third-order valence-electron chi connectivity index (χ3n) is 5.21. The molecule has 1 aliphatic heterocycles. The van der Waals surface area contributed by atoms with E-state index in [9.17, 15) is 13.2 Å². The smallest absolute Gasteiger partial charge is 0.264 e. The molecule has 1 aliphatic rings. The average Bonchev–Trinajstić information content (AvgIpc) is 2.81. The number of hydrogen-bond acceptors (Lipinski definition) is 5. The summed E-state index contributed by atoms with van der Waals surface area (Å²) in [5, 5.41) is 2.79. The normalized spacial score (nSPS) is 15.0. The highest BCUT2D eigenvalue weighted by Crippen LogP contribution is 2.30. The first-order chi connectivity index (χ1) is 15.8. The van der Waals surface area contributed by atoms with Crippen molar-refractivity contribution in [1.29, 1.82) is 0 Å². The van der Waals surface area contributed by atoms with Crippen LogP contribution in [0.1, 0.15) is 11.1 Å². The molecule has 0 saturated heterocycles. The Labute approximate surface area is 194 Å². The van der Waals surface area contributed by atoms with E-state index in [1.807, 2.05) is 38.1 Å². The fourth-order valence-corrected chi connectivity index (χ4v) is 5.13. The molecule has 8 heteroatoms. The molecule has 1 atom stereocenters. The fraction of sp³-hybridized carbons (Fsp3) is 0.240. The van der Waals surface area contributed by atoms with E-state index in [2.05, 4.69) is 5.32 Å². The van der Waals surface area contributed by atoms with Gasteiger partial charge in [-0.2, -0.15) is 0 Å². The van der Waals surface area contributed by atoms with Crippen molar-refractivity contribution in [3.63, 3.8) is 0 Å². The number of hydrogen-bond donors (Lipinski definition) is 1. The lowest BCUT2D eigenvalue weighted by Crippen LogP contribution is -2.45. The summed E-state index contributed by atoms with van der Waals surface area (Å²) >= 11 is 0. The van der Waals surface area contributed by atoms with Crippen molar-refractivity contribution in [2.75, 3.05) is 24.0 Å². The molecule has 0 unspecified atom stereocenters. The van der Waals surface area contributed by atoms with Gasteiger partial charge in [0.2, 0.25) is 5.91 Å². The van der Waals surface area contributed by atoms with Crippen LogP contribution in [0.3, 0.4) is 0 Å². The fourth-order valence-electron chi connectivity index (χ4n) is 3.71. The van der Waals surface area contributed by atoms with Crippen molar-refractivity contribution >= 4 is 21.6 Å². The molecule has 1 heterocycles. The van der Waals surface area contributed by atoms with Gasteiger partial charge in [0.25, 0.3) is 10.0 Å². The van der Waals surface area contributed by atoms with E-state index in [0.29, 0.717) is 23.8 Å². The first kappa shape index (κ1) is 22.7. The molecule has 0 saturated carbocycles. The quantitative estimate of drug-likeness (QED) is 0.577.